The lowest BCUT2D eigenvalue weighted by Crippen LogP contribution is -2.01. The normalized spacial score (nSPS) is 9.50. The van der Waals surface area contributed by atoms with E-state index in [9.17, 15) is 4.57 Å². The first kappa shape index (κ1) is 14.5. The van der Waals surface area contributed by atoms with E-state index in [2.05, 4.69) is 0 Å². The minimum atomic E-state index is -4.02. The molecule has 70 valence electrons. The summed E-state index contributed by atoms with van der Waals surface area (Å²) in [5.74, 6) is 0. The van der Waals surface area contributed by atoms with Gasteiger partial charge in [-0.25, -0.2) is 0 Å². The van der Waals surface area contributed by atoms with Crippen molar-refractivity contribution in [1.82, 2.24) is 0 Å². The molecule has 0 amide bonds. The van der Waals surface area contributed by atoms with Gasteiger partial charge in [0, 0.05) is 0 Å². The summed E-state index contributed by atoms with van der Waals surface area (Å²) in [6.45, 7) is 0. The molecule has 1 aromatic rings. The van der Waals surface area contributed by atoms with Gasteiger partial charge in [0.2, 0.25) is 0 Å². The third-order valence-electron chi connectivity index (χ3n) is 1.09. The number of rotatable bonds is 1. The lowest BCUT2D eigenvalue weighted by molar-refractivity contribution is 0.387. The number of benzene rings is 1. The molecule has 0 radical (unpaired) electrons. The summed E-state index contributed by atoms with van der Waals surface area (Å²) in [5, 5.41) is 0.0648. The van der Waals surface area contributed by atoms with E-state index in [-0.39, 0.29) is 30.1 Å². The van der Waals surface area contributed by atoms with Crippen molar-refractivity contribution in [1.29, 1.82) is 0 Å². The van der Waals surface area contributed by atoms with E-state index in [1.807, 2.05) is 0 Å². The van der Waals surface area contributed by atoms with Crippen molar-refractivity contribution >= 4 is 37.7 Å². The van der Waals surface area contributed by atoms with Crippen molar-refractivity contribution in [2.45, 2.75) is 0 Å². The fraction of sp³-hybridized carbons (Fsp3) is 0. The Morgan fingerprint density at radius 1 is 1.00 bits per heavy atom. The van der Waals surface area contributed by atoms with Crippen LogP contribution in [0.2, 0.25) is 0 Å². The molecule has 0 aromatic heterocycles. The molecule has 6 heteroatoms. The summed E-state index contributed by atoms with van der Waals surface area (Å²) < 4.78 is 10.5. The molecular weight excluding hydrogens is 222 g/mol. The summed E-state index contributed by atoms with van der Waals surface area (Å²) in [4.78, 5) is 17.2. The van der Waals surface area contributed by atoms with Crippen molar-refractivity contribution in [3.63, 3.8) is 0 Å². The third kappa shape index (κ3) is 4.10. The van der Waals surface area contributed by atoms with Crippen LogP contribution in [0.3, 0.4) is 0 Å². The van der Waals surface area contributed by atoms with Crippen LogP contribution in [-0.2, 0) is 4.57 Å². The third-order valence-corrected chi connectivity index (χ3v) is 2.06. The highest BCUT2D eigenvalue weighted by Crippen LogP contribution is 2.32. The zero-order chi connectivity index (χ0) is 7.61. The highest BCUT2D eigenvalue weighted by atomic mass is 35.5. The van der Waals surface area contributed by atoms with Gasteiger partial charge in [0.05, 0.1) is 5.30 Å². The maximum absolute atomic E-state index is 10.5. The molecule has 0 spiro atoms. The molecule has 0 saturated heterocycles. The zero-order valence-electron chi connectivity index (χ0n) is 5.95. The largest absolute Gasteiger partial charge is 0.356 e. The Morgan fingerprint density at radius 2 is 1.42 bits per heavy atom. The van der Waals surface area contributed by atoms with Crippen LogP contribution in [-0.4, -0.2) is 9.79 Å². The average Bonchev–Trinajstić information content (AvgIpc) is 1.88. The Labute approximate surface area is 82.8 Å². The number of hydrogen-bond donors (Lipinski definition) is 2. The molecule has 0 heterocycles. The topological polar surface area (TPSA) is 57.5 Å². The van der Waals surface area contributed by atoms with Gasteiger partial charge in [-0.3, -0.25) is 4.57 Å². The van der Waals surface area contributed by atoms with Gasteiger partial charge >= 0.3 is 7.60 Å². The van der Waals surface area contributed by atoms with E-state index in [1.165, 1.54) is 12.1 Å². The predicted octanol–water partition coefficient (Wildman–Crippen LogP) is 1.33. The minimum absolute atomic E-state index is 0. The van der Waals surface area contributed by atoms with E-state index in [1.54, 1.807) is 18.2 Å². The predicted molar refractivity (Wildman–Crippen MR) is 52.6 cm³/mol. The molecule has 0 fully saturated rings. The Kier molecular flexibility index (Phi) is 6.72. The highest BCUT2D eigenvalue weighted by Gasteiger charge is 2.14. The van der Waals surface area contributed by atoms with Gasteiger partial charge in [0.1, 0.15) is 0 Å². The molecule has 0 aliphatic heterocycles. The number of halogens is 2. The van der Waals surface area contributed by atoms with Crippen molar-refractivity contribution in [3.05, 3.63) is 30.3 Å². The van der Waals surface area contributed by atoms with Gasteiger partial charge in [-0.2, -0.15) is 0 Å². The van der Waals surface area contributed by atoms with Crippen LogP contribution < -0.4 is 5.30 Å². The monoisotopic (exact) mass is 230 g/mol. The number of hydrogen-bond acceptors (Lipinski definition) is 1. The maximum atomic E-state index is 10.5. The van der Waals surface area contributed by atoms with Gasteiger partial charge in [-0.15, -0.1) is 24.8 Å². The quantitative estimate of drug-likeness (QED) is 0.717. The van der Waals surface area contributed by atoms with Gasteiger partial charge < -0.3 is 9.79 Å². The van der Waals surface area contributed by atoms with Crippen LogP contribution in [0.4, 0.5) is 0 Å². The van der Waals surface area contributed by atoms with Crippen LogP contribution in [0.5, 0.6) is 0 Å². The minimum Gasteiger partial charge on any atom is -0.321 e. The SMILES string of the molecule is Cl.Cl.O=P(O)(O)c1ccccc1. The lowest BCUT2D eigenvalue weighted by atomic mass is 10.4. The van der Waals surface area contributed by atoms with Crippen molar-refractivity contribution < 1.29 is 14.4 Å². The molecule has 0 bridgehead atoms. The first-order valence-corrected chi connectivity index (χ1v) is 4.33. The summed E-state index contributed by atoms with van der Waals surface area (Å²) >= 11 is 0. The first-order chi connectivity index (χ1) is 4.61. The molecule has 0 unspecified atom stereocenters. The van der Waals surface area contributed by atoms with Crippen molar-refractivity contribution in [2.75, 3.05) is 0 Å². The second kappa shape index (κ2) is 5.57. The zero-order valence-corrected chi connectivity index (χ0v) is 8.48. The van der Waals surface area contributed by atoms with Gasteiger partial charge in [-0.05, 0) is 12.1 Å². The van der Waals surface area contributed by atoms with Crippen LogP contribution in [0.15, 0.2) is 30.3 Å². The molecule has 0 aliphatic carbocycles. The Morgan fingerprint density at radius 3 is 1.67 bits per heavy atom. The van der Waals surface area contributed by atoms with Crippen LogP contribution in [0.1, 0.15) is 0 Å². The maximum Gasteiger partial charge on any atom is 0.356 e. The van der Waals surface area contributed by atoms with E-state index in [0.717, 1.165) is 0 Å². The lowest BCUT2D eigenvalue weighted by Gasteiger charge is -2.00. The molecule has 3 nitrogen and oxygen atoms in total. The second-order valence-corrected chi connectivity index (χ2v) is 3.48. The second-order valence-electron chi connectivity index (χ2n) is 1.88. The van der Waals surface area contributed by atoms with Gasteiger partial charge in [-0.1, -0.05) is 18.2 Å². The Balaban J connectivity index is 0. The van der Waals surface area contributed by atoms with Gasteiger partial charge in [0.15, 0.2) is 0 Å². The Hall–Kier alpha value is -0.0500. The highest BCUT2D eigenvalue weighted by molar-refractivity contribution is 7.60. The Bertz CT molecular complexity index is 259. The van der Waals surface area contributed by atoms with E-state index in [0.29, 0.717) is 0 Å². The van der Waals surface area contributed by atoms with Crippen LogP contribution >= 0.6 is 32.4 Å². The molecule has 12 heavy (non-hydrogen) atoms. The van der Waals surface area contributed by atoms with E-state index in [4.69, 9.17) is 9.79 Å². The van der Waals surface area contributed by atoms with Gasteiger partial charge in [0.25, 0.3) is 0 Å². The summed E-state index contributed by atoms with van der Waals surface area (Å²) in [6, 6.07) is 7.70. The summed E-state index contributed by atoms with van der Waals surface area (Å²) in [6.07, 6.45) is 0. The molecule has 1 rings (SSSR count). The first-order valence-electron chi connectivity index (χ1n) is 2.72. The van der Waals surface area contributed by atoms with Crippen molar-refractivity contribution in [3.8, 4) is 0 Å². The van der Waals surface area contributed by atoms with Crippen LogP contribution in [0.25, 0.3) is 0 Å². The molecule has 0 atom stereocenters. The van der Waals surface area contributed by atoms with Crippen LogP contribution in [0, 0.1) is 0 Å². The van der Waals surface area contributed by atoms with E-state index < -0.39 is 7.60 Å². The molecule has 2 N–H and O–H groups in total. The summed E-state index contributed by atoms with van der Waals surface area (Å²) in [7, 11) is -4.02. The smallest absolute Gasteiger partial charge is 0.321 e. The molecular formula is C6H9Cl2O3P. The fourth-order valence-corrected chi connectivity index (χ4v) is 1.18. The molecule has 1 aromatic carbocycles. The molecule has 0 saturated carbocycles. The van der Waals surface area contributed by atoms with Crippen molar-refractivity contribution in [2.24, 2.45) is 0 Å². The fourth-order valence-electron chi connectivity index (χ4n) is 0.622. The average molecular weight is 231 g/mol. The summed E-state index contributed by atoms with van der Waals surface area (Å²) in [5.41, 5.74) is 0. The van der Waals surface area contributed by atoms with E-state index >= 15 is 0 Å². The molecule has 0 aliphatic rings. The standard InChI is InChI=1S/C6H7O3P.2ClH/c7-10(8,9)6-4-2-1-3-5-6;;/h1-5H,(H2,7,8,9);2*1H.